The van der Waals surface area contributed by atoms with Crippen LogP contribution >= 0.6 is 0 Å². The van der Waals surface area contributed by atoms with Crippen molar-refractivity contribution >= 4 is 10.0 Å². The molecule has 120 valence electrons. The molecule has 0 aliphatic carbocycles. The molecule has 1 N–H and O–H groups in total. The van der Waals surface area contributed by atoms with E-state index in [9.17, 15) is 8.42 Å². The molecule has 1 aliphatic heterocycles. The van der Waals surface area contributed by atoms with Crippen molar-refractivity contribution in [3.63, 3.8) is 0 Å². The highest BCUT2D eigenvalue weighted by Crippen LogP contribution is 2.23. The predicted octanol–water partition coefficient (Wildman–Crippen LogP) is 1.13. The minimum Gasteiger partial charge on any atom is -0.337 e. The Balaban J connectivity index is 2.05. The van der Waals surface area contributed by atoms with Crippen LogP contribution < -0.4 is 5.32 Å². The van der Waals surface area contributed by atoms with Crippen LogP contribution in [0.3, 0.4) is 0 Å². The number of rotatable bonds is 6. The summed E-state index contributed by atoms with van der Waals surface area (Å²) in [6, 6.07) is 0. The van der Waals surface area contributed by atoms with Gasteiger partial charge < -0.3 is 9.88 Å². The molecular weight excluding hydrogens is 288 g/mol. The number of hydrogen-bond donors (Lipinski definition) is 1. The Labute approximate surface area is 127 Å². The van der Waals surface area contributed by atoms with Crippen LogP contribution in [0.25, 0.3) is 0 Å². The second-order valence-electron chi connectivity index (χ2n) is 5.81. The molecular formula is C14H26N4O2S. The van der Waals surface area contributed by atoms with Gasteiger partial charge in [-0.15, -0.1) is 0 Å². The van der Waals surface area contributed by atoms with Crippen LogP contribution in [-0.2, 0) is 17.1 Å². The number of hydrogen-bond acceptors (Lipinski definition) is 4. The first-order valence-corrected chi connectivity index (χ1v) is 9.10. The first-order valence-electron chi connectivity index (χ1n) is 7.66. The van der Waals surface area contributed by atoms with E-state index in [1.165, 1.54) is 0 Å². The lowest BCUT2D eigenvalue weighted by atomic mass is 10.00. The summed E-state index contributed by atoms with van der Waals surface area (Å²) >= 11 is 0. The molecule has 0 spiro atoms. The molecule has 1 fully saturated rings. The first-order chi connectivity index (χ1) is 9.95. The van der Waals surface area contributed by atoms with Crippen LogP contribution in [0.1, 0.15) is 32.0 Å². The number of aryl methyl sites for hydroxylation is 2. The number of aromatic nitrogens is 2. The molecule has 6 nitrogen and oxygen atoms in total. The Hall–Kier alpha value is -0.920. The molecule has 2 rings (SSSR count). The van der Waals surface area contributed by atoms with E-state index < -0.39 is 10.0 Å². The van der Waals surface area contributed by atoms with E-state index in [0.29, 0.717) is 24.8 Å². The van der Waals surface area contributed by atoms with Crippen molar-refractivity contribution < 1.29 is 8.42 Å². The predicted molar refractivity (Wildman–Crippen MR) is 82.6 cm³/mol. The fourth-order valence-electron chi connectivity index (χ4n) is 2.68. The third-order valence-electron chi connectivity index (χ3n) is 4.03. The minimum atomic E-state index is -3.45. The van der Waals surface area contributed by atoms with Crippen molar-refractivity contribution in [2.75, 3.05) is 26.2 Å². The third-order valence-corrected chi connectivity index (χ3v) is 5.77. The molecule has 21 heavy (non-hydrogen) atoms. The molecule has 0 amide bonds. The number of nitrogens with one attached hydrogen (secondary N) is 1. The fourth-order valence-corrected chi connectivity index (χ4v) is 4.26. The Morgan fingerprint density at radius 3 is 2.86 bits per heavy atom. The second kappa shape index (κ2) is 6.89. The Bertz CT molecular complexity index is 548. The van der Waals surface area contributed by atoms with Crippen molar-refractivity contribution in [3.8, 4) is 0 Å². The van der Waals surface area contributed by atoms with E-state index in [4.69, 9.17) is 0 Å². The summed E-state index contributed by atoms with van der Waals surface area (Å²) in [5.74, 6) is 1.11. The lowest BCUT2D eigenvalue weighted by Crippen LogP contribution is -2.43. The first kappa shape index (κ1) is 16.5. The van der Waals surface area contributed by atoms with Gasteiger partial charge in [-0.05, 0) is 45.2 Å². The molecule has 1 unspecified atom stereocenters. The second-order valence-corrected chi connectivity index (χ2v) is 7.70. The molecule has 1 atom stereocenters. The van der Waals surface area contributed by atoms with Crippen LogP contribution in [0.15, 0.2) is 11.2 Å². The molecule has 0 radical (unpaired) electrons. The molecule has 0 bridgehead atoms. The van der Waals surface area contributed by atoms with Gasteiger partial charge in [0.25, 0.3) is 10.0 Å². The Morgan fingerprint density at radius 2 is 2.24 bits per heavy atom. The standard InChI is InChI=1S/C14H26N4O2S/c1-4-7-15-9-13-6-5-8-18(10-13)21(19,20)14-11-17(3)12(2)16-14/h11,13,15H,4-10H2,1-3H3. The summed E-state index contributed by atoms with van der Waals surface area (Å²) < 4.78 is 28.7. The molecule has 1 aromatic heterocycles. The monoisotopic (exact) mass is 314 g/mol. The van der Waals surface area contributed by atoms with Crippen LogP contribution in [0.2, 0.25) is 0 Å². The highest BCUT2D eigenvalue weighted by molar-refractivity contribution is 7.89. The van der Waals surface area contributed by atoms with E-state index in [0.717, 1.165) is 32.4 Å². The third kappa shape index (κ3) is 3.84. The van der Waals surface area contributed by atoms with Gasteiger partial charge in [0, 0.05) is 26.3 Å². The minimum absolute atomic E-state index is 0.171. The van der Waals surface area contributed by atoms with Gasteiger partial charge in [-0.2, -0.15) is 4.31 Å². The molecule has 2 heterocycles. The maximum absolute atomic E-state index is 12.7. The summed E-state index contributed by atoms with van der Waals surface area (Å²) in [6.45, 7) is 7.02. The molecule has 1 aliphatic rings. The highest BCUT2D eigenvalue weighted by atomic mass is 32.2. The molecule has 1 saturated heterocycles. The normalized spacial score (nSPS) is 20.8. The summed E-state index contributed by atoms with van der Waals surface area (Å²) in [6.07, 6.45) is 4.71. The van der Waals surface area contributed by atoms with E-state index in [1.807, 2.05) is 14.0 Å². The van der Waals surface area contributed by atoms with Crippen molar-refractivity contribution in [1.29, 1.82) is 0 Å². The topological polar surface area (TPSA) is 67.2 Å². The van der Waals surface area contributed by atoms with Crippen molar-refractivity contribution in [2.24, 2.45) is 13.0 Å². The zero-order chi connectivity index (χ0) is 15.5. The zero-order valence-electron chi connectivity index (χ0n) is 13.2. The number of imidazole rings is 1. The van der Waals surface area contributed by atoms with Crippen molar-refractivity contribution in [1.82, 2.24) is 19.2 Å². The van der Waals surface area contributed by atoms with Crippen molar-refractivity contribution in [2.45, 2.75) is 38.1 Å². The van der Waals surface area contributed by atoms with Crippen molar-refractivity contribution in [3.05, 3.63) is 12.0 Å². The van der Waals surface area contributed by atoms with Gasteiger partial charge in [0.05, 0.1) is 0 Å². The zero-order valence-corrected chi connectivity index (χ0v) is 14.0. The van der Waals surface area contributed by atoms with Crippen LogP contribution in [0.4, 0.5) is 0 Å². The van der Waals surface area contributed by atoms with Gasteiger partial charge in [-0.1, -0.05) is 6.92 Å². The quantitative estimate of drug-likeness (QED) is 0.799. The maximum atomic E-state index is 12.7. The van der Waals surface area contributed by atoms with Gasteiger partial charge in [-0.25, -0.2) is 13.4 Å². The molecule has 0 saturated carbocycles. The van der Waals surface area contributed by atoms with Gasteiger partial charge in [-0.3, -0.25) is 0 Å². The van der Waals surface area contributed by atoms with Gasteiger partial charge in [0.1, 0.15) is 5.82 Å². The average molecular weight is 314 g/mol. The molecule has 7 heteroatoms. The van der Waals surface area contributed by atoms with E-state index in [1.54, 1.807) is 15.1 Å². The SMILES string of the molecule is CCCNCC1CCCN(S(=O)(=O)c2cn(C)c(C)n2)C1. The molecule has 0 aromatic carbocycles. The summed E-state index contributed by atoms with van der Waals surface area (Å²) in [7, 11) is -1.64. The summed E-state index contributed by atoms with van der Waals surface area (Å²) in [5, 5.41) is 3.56. The van der Waals surface area contributed by atoms with Gasteiger partial charge >= 0.3 is 0 Å². The Kier molecular flexibility index (Phi) is 5.40. The lowest BCUT2D eigenvalue weighted by Gasteiger charge is -2.31. The van der Waals surface area contributed by atoms with Crippen LogP contribution in [0, 0.1) is 12.8 Å². The van der Waals surface area contributed by atoms with E-state index in [-0.39, 0.29) is 5.03 Å². The highest BCUT2D eigenvalue weighted by Gasteiger charge is 2.31. The summed E-state index contributed by atoms with van der Waals surface area (Å²) in [4.78, 5) is 4.18. The van der Waals surface area contributed by atoms with Gasteiger partial charge in [0.15, 0.2) is 5.03 Å². The number of nitrogens with zero attached hydrogens (tertiary/aromatic N) is 3. The lowest BCUT2D eigenvalue weighted by molar-refractivity contribution is 0.260. The number of sulfonamides is 1. The summed E-state index contributed by atoms with van der Waals surface area (Å²) in [5.41, 5.74) is 0. The van der Waals surface area contributed by atoms with Crippen LogP contribution in [-0.4, -0.2) is 48.5 Å². The smallest absolute Gasteiger partial charge is 0.262 e. The fraction of sp³-hybridized carbons (Fsp3) is 0.786. The Morgan fingerprint density at radius 1 is 1.48 bits per heavy atom. The molecule has 1 aromatic rings. The van der Waals surface area contributed by atoms with E-state index in [2.05, 4.69) is 17.2 Å². The number of piperidine rings is 1. The average Bonchev–Trinajstić information content (AvgIpc) is 2.80. The van der Waals surface area contributed by atoms with E-state index >= 15 is 0 Å². The maximum Gasteiger partial charge on any atom is 0.262 e. The van der Waals surface area contributed by atoms with Crippen LogP contribution in [0.5, 0.6) is 0 Å². The largest absolute Gasteiger partial charge is 0.337 e. The van der Waals surface area contributed by atoms with Gasteiger partial charge in [0.2, 0.25) is 0 Å².